The molecule has 2 aliphatic heterocycles. The van der Waals surface area contributed by atoms with Gasteiger partial charge in [-0.2, -0.15) is 11.8 Å². The molecule has 1 atom stereocenters. The monoisotopic (exact) mass is 292 g/mol. The highest BCUT2D eigenvalue weighted by atomic mass is 35.5. The van der Waals surface area contributed by atoms with Crippen molar-refractivity contribution < 1.29 is 4.79 Å². The molecular formula is C13H25ClN2OS. The molecule has 3 nitrogen and oxygen atoms in total. The first kappa shape index (κ1) is 16.1. The molecule has 2 rings (SSSR count). The summed E-state index contributed by atoms with van der Waals surface area (Å²) in [6.45, 7) is 4.86. The summed E-state index contributed by atoms with van der Waals surface area (Å²) in [5.41, 5.74) is -0.179. The molecule has 0 saturated carbocycles. The van der Waals surface area contributed by atoms with Gasteiger partial charge in [-0.05, 0) is 56.6 Å². The lowest BCUT2D eigenvalue weighted by Gasteiger charge is -2.33. The van der Waals surface area contributed by atoms with Crippen molar-refractivity contribution in [3.05, 3.63) is 0 Å². The summed E-state index contributed by atoms with van der Waals surface area (Å²) in [6.07, 6.45) is 4.66. The summed E-state index contributed by atoms with van der Waals surface area (Å²) in [5.74, 6) is 3.49. The molecule has 0 aromatic heterocycles. The van der Waals surface area contributed by atoms with E-state index in [9.17, 15) is 4.79 Å². The van der Waals surface area contributed by atoms with Crippen LogP contribution in [0.5, 0.6) is 0 Å². The fourth-order valence-corrected chi connectivity index (χ4v) is 3.86. The Morgan fingerprint density at radius 2 is 2.17 bits per heavy atom. The SMILES string of the molecule is CC1(C(=O)NCC2CCSCC2)CCCNC1.Cl. The average molecular weight is 293 g/mol. The second-order valence-corrected chi connectivity index (χ2v) is 6.83. The summed E-state index contributed by atoms with van der Waals surface area (Å²) < 4.78 is 0. The molecular weight excluding hydrogens is 268 g/mol. The van der Waals surface area contributed by atoms with Crippen molar-refractivity contribution in [3.8, 4) is 0 Å². The number of nitrogens with one attached hydrogen (secondary N) is 2. The maximum Gasteiger partial charge on any atom is 0.227 e. The van der Waals surface area contributed by atoms with E-state index in [1.165, 1.54) is 24.3 Å². The van der Waals surface area contributed by atoms with Crippen molar-refractivity contribution in [2.75, 3.05) is 31.1 Å². The normalized spacial score (nSPS) is 29.4. The molecule has 0 radical (unpaired) electrons. The van der Waals surface area contributed by atoms with Crippen LogP contribution in [0.4, 0.5) is 0 Å². The second-order valence-electron chi connectivity index (χ2n) is 5.61. The molecule has 2 N–H and O–H groups in total. The van der Waals surface area contributed by atoms with Gasteiger partial charge in [-0.15, -0.1) is 12.4 Å². The summed E-state index contributed by atoms with van der Waals surface area (Å²) in [4.78, 5) is 12.2. The highest BCUT2D eigenvalue weighted by molar-refractivity contribution is 7.99. The third-order valence-corrected chi connectivity index (χ3v) is 5.09. The Balaban J connectivity index is 0.00000162. The summed E-state index contributed by atoms with van der Waals surface area (Å²) in [5, 5.41) is 6.50. The molecule has 0 aliphatic carbocycles. The Morgan fingerprint density at radius 1 is 1.44 bits per heavy atom. The zero-order valence-electron chi connectivity index (χ0n) is 11.2. The average Bonchev–Trinajstić information content (AvgIpc) is 2.38. The number of hydrogen-bond donors (Lipinski definition) is 2. The number of thioether (sulfide) groups is 1. The lowest BCUT2D eigenvalue weighted by molar-refractivity contribution is -0.131. The van der Waals surface area contributed by atoms with E-state index < -0.39 is 0 Å². The summed E-state index contributed by atoms with van der Waals surface area (Å²) in [6, 6.07) is 0. The lowest BCUT2D eigenvalue weighted by Crippen LogP contribution is -2.49. The highest BCUT2D eigenvalue weighted by Gasteiger charge is 2.34. The van der Waals surface area contributed by atoms with Crippen molar-refractivity contribution >= 4 is 30.1 Å². The minimum absolute atomic E-state index is 0. The van der Waals surface area contributed by atoms with Crippen LogP contribution in [0.1, 0.15) is 32.6 Å². The molecule has 18 heavy (non-hydrogen) atoms. The molecule has 2 heterocycles. The van der Waals surface area contributed by atoms with Gasteiger partial charge in [0.25, 0.3) is 0 Å². The maximum atomic E-state index is 12.2. The third kappa shape index (κ3) is 4.32. The van der Waals surface area contributed by atoms with E-state index in [0.717, 1.165) is 32.5 Å². The standard InChI is InChI=1S/C13H24N2OS.ClH/c1-13(5-2-6-14-10-13)12(16)15-9-11-3-7-17-8-4-11;/h11,14H,2-10H2,1H3,(H,15,16);1H. The zero-order valence-corrected chi connectivity index (χ0v) is 12.8. The minimum atomic E-state index is -0.179. The lowest BCUT2D eigenvalue weighted by atomic mass is 9.82. The van der Waals surface area contributed by atoms with Gasteiger partial charge in [-0.1, -0.05) is 0 Å². The van der Waals surface area contributed by atoms with E-state index in [0.29, 0.717) is 5.92 Å². The van der Waals surface area contributed by atoms with E-state index in [2.05, 4.69) is 17.6 Å². The molecule has 0 aromatic rings. The summed E-state index contributed by atoms with van der Waals surface area (Å²) >= 11 is 2.04. The Hall–Kier alpha value is 0.0700. The van der Waals surface area contributed by atoms with Gasteiger partial charge in [0.1, 0.15) is 0 Å². The van der Waals surface area contributed by atoms with Crippen LogP contribution in [-0.4, -0.2) is 37.0 Å². The topological polar surface area (TPSA) is 41.1 Å². The number of halogens is 1. The van der Waals surface area contributed by atoms with E-state index in [1.807, 2.05) is 11.8 Å². The van der Waals surface area contributed by atoms with Crippen LogP contribution < -0.4 is 10.6 Å². The Bertz CT molecular complexity index is 264. The number of amides is 1. The number of carbonyl (C=O) groups is 1. The molecule has 1 amide bonds. The van der Waals surface area contributed by atoms with Gasteiger partial charge in [0.05, 0.1) is 5.41 Å². The first-order valence-corrected chi connectivity index (χ1v) is 7.93. The predicted molar refractivity (Wildman–Crippen MR) is 80.5 cm³/mol. The van der Waals surface area contributed by atoms with E-state index >= 15 is 0 Å². The minimum Gasteiger partial charge on any atom is -0.355 e. The quantitative estimate of drug-likeness (QED) is 0.837. The van der Waals surface area contributed by atoms with Crippen LogP contribution in [0.3, 0.4) is 0 Å². The Labute approximate surface area is 121 Å². The van der Waals surface area contributed by atoms with Crippen molar-refractivity contribution in [1.29, 1.82) is 0 Å². The number of hydrogen-bond acceptors (Lipinski definition) is 3. The third-order valence-electron chi connectivity index (χ3n) is 4.04. The van der Waals surface area contributed by atoms with E-state index in [1.54, 1.807) is 0 Å². The molecule has 0 bridgehead atoms. The van der Waals surface area contributed by atoms with Gasteiger partial charge in [0.15, 0.2) is 0 Å². The van der Waals surface area contributed by atoms with Crippen LogP contribution in [0.2, 0.25) is 0 Å². The second kappa shape index (κ2) is 7.61. The van der Waals surface area contributed by atoms with Crippen LogP contribution in [0.15, 0.2) is 0 Å². The van der Waals surface area contributed by atoms with Gasteiger partial charge in [0, 0.05) is 13.1 Å². The van der Waals surface area contributed by atoms with Crippen LogP contribution in [-0.2, 0) is 4.79 Å². The summed E-state index contributed by atoms with van der Waals surface area (Å²) in [7, 11) is 0. The van der Waals surface area contributed by atoms with E-state index in [4.69, 9.17) is 0 Å². The smallest absolute Gasteiger partial charge is 0.227 e. The first-order valence-electron chi connectivity index (χ1n) is 6.77. The fraction of sp³-hybridized carbons (Fsp3) is 0.923. The van der Waals surface area contributed by atoms with E-state index in [-0.39, 0.29) is 23.7 Å². The Kier molecular flexibility index (Phi) is 6.82. The fourth-order valence-electron chi connectivity index (χ4n) is 2.65. The largest absolute Gasteiger partial charge is 0.355 e. The predicted octanol–water partition coefficient (Wildman–Crippen LogP) is 2.06. The number of carbonyl (C=O) groups excluding carboxylic acids is 1. The molecule has 0 aromatic carbocycles. The number of rotatable bonds is 3. The van der Waals surface area contributed by atoms with Crippen molar-refractivity contribution in [3.63, 3.8) is 0 Å². The molecule has 106 valence electrons. The molecule has 2 fully saturated rings. The first-order chi connectivity index (χ1) is 8.21. The van der Waals surface area contributed by atoms with Gasteiger partial charge in [-0.25, -0.2) is 0 Å². The van der Waals surface area contributed by atoms with Crippen LogP contribution >= 0.6 is 24.2 Å². The van der Waals surface area contributed by atoms with Gasteiger partial charge in [-0.3, -0.25) is 4.79 Å². The highest BCUT2D eigenvalue weighted by Crippen LogP contribution is 2.26. The molecule has 0 spiro atoms. The zero-order chi connectivity index (χ0) is 12.1. The van der Waals surface area contributed by atoms with Crippen LogP contribution in [0.25, 0.3) is 0 Å². The van der Waals surface area contributed by atoms with Crippen molar-refractivity contribution in [2.24, 2.45) is 11.3 Å². The molecule has 2 aliphatic rings. The van der Waals surface area contributed by atoms with Crippen LogP contribution in [0, 0.1) is 11.3 Å². The Morgan fingerprint density at radius 3 is 2.78 bits per heavy atom. The van der Waals surface area contributed by atoms with Crippen molar-refractivity contribution in [1.82, 2.24) is 10.6 Å². The molecule has 5 heteroatoms. The van der Waals surface area contributed by atoms with Gasteiger partial charge >= 0.3 is 0 Å². The molecule has 1 unspecified atom stereocenters. The molecule has 2 saturated heterocycles. The van der Waals surface area contributed by atoms with Gasteiger partial charge < -0.3 is 10.6 Å². The number of piperidine rings is 1. The maximum absolute atomic E-state index is 12.2. The van der Waals surface area contributed by atoms with Crippen molar-refractivity contribution in [2.45, 2.75) is 32.6 Å². The van der Waals surface area contributed by atoms with Gasteiger partial charge in [0.2, 0.25) is 5.91 Å².